The number of aryl methyl sites for hydroxylation is 1. The van der Waals surface area contributed by atoms with Crippen molar-refractivity contribution in [2.75, 3.05) is 25.0 Å². The van der Waals surface area contributed by atoms with Crippen LogP contribution in [-0.4, -0.2) is 36.2 Å². The van der Waals surface area contributed by atoms with E-state index in [4.69, 9.17) is 11.6 Å². The molecule has 0 fully saturated rings. The number of hydrogen-bond donors (Lipinski definition) is 1. The molecule has 0 saturated heterocycles. The lowest BCUT2D eigenvalue weighted by atomic mass is 10.0. The van der Waals surface area contributed by atoms with Gasteiger partial charge in [0.05, 0.1) is 11.4 Å². The first-order valence-corrected chi connectivity index (χ1v) is 11.8. The zero-order valence-electron chi connectivity index (χ0n) is 19.5. The summed E-state index contributed by atoms with van der Waals surface area (Å²) in [5.41, 5.74) is 5.40. The van der Waals surface area contributed by atoms with E-state index in [9.17, 15) is 9.59 Å². The summed E-state index contributed by atoms with van der Waals surface area (Å²) in [7, 11) is 0. The predicted octanol–water partition coefficient (Wildman–Crippen LogP) is 6.41. The summed E-state index contributed by atoms with van der Waals surface area (Å²) in [5, 5.41) is 3.19. The van der Waals surface area contributed by atoms with Crippen LogP contribution in [-0.2, 0) is 11.2 Å². The van der Waals surface area contributed by atoms with Crippen molar-refractivity contribution in [1.82, 2.24) is 4.90 Å². The van der Waals surface area contributed by atoms with Gasteiger partial charge in [0.1, 0.15) is 0 Å². The lowest BCUT2D eigenvalue weighted by molar-refractivity contribution is -0.115. The number of benzene rings is 3. The number of ketones is 1. The summed E-state index contributed by atoms with van der Waals surface area (Å²) in [6.45, 7) is 9.47. The number of Topliss-reactive ketones (excluding diaryl/α,β-unsaturated/α-hetero) is 1. The number of rotatable bonds is 10. The zero-order chi connectivity index (χ0) is 23.8. The predicted molar refractivity (Wildman–Crippen MR) is 137 cm³/mol. The number of carbonyl (C=O) groups is 2. The summed E-state index contributed by atoms with van der Waals surface area (Å²) in [6.07, 6.45) is 0.713. The average Bonchev–Trinajstić information content (AvgIpc) is 2.81. The summed E-state index contributed by atoms with van der Waals surface area (Å²) in [5.74, 6) is -0.650. The number of amides is 1. The molecular formula is C28H31ClN2O2. The van der Waals surface area contributed by atoms with Gasteiger partial charge in [-0.1, -0.05) is 67.9 Å². The molecule has 0 atom stereocenters. The summed E-state index contributed by atoms with van der Waals surface area (Å²) in [6, 6.07) is 21.0. The van der Waals surface area contributed by atoms with E-state index in [0.717, 1.165) is 42.7 Å². The smallest absolute Gasteiger partial charge is 0.232 e. The molecule has 1 N–H and O–H groups in total. The second kappa shape index (κ2) is 11.8. The lowest BCUT2D eigenvalue weighted by Gasteiger charge is -2.18. The van der Waals surface area contributed by atoms with Gasteiger partial charge in [-0.15, -0.1) is 0 Å². The van der Waals surface area contributed by atoms with E-state index in [1.54, 1.807) is 12.1 Å². The maximum Gasteiger partial charge on any atom is 0.232 e. The van der Waals surface area contributed by atoms with Crippen molar-refractivity contribution in [2.24, 2.45) is 0 Å². The third kappa shape index (κ3) is 6.77. The molecule has 0 aliphatic heterocycles. The number of nitrogens with zero attached hydrogens (tertiary/aromatic N) is 1. The van der Waals surface area contributed by atoms with Gasteiger partial charge in [-0.2, -0.15) is 0 Å². The van der Waals surface area contributed by atoms with Gasteiger partial charge in [-0.3, -0.25) is 9.59 Å². The van der Waals surface area contributed by atoms with Crippen molar-refractivity contribution in [3.05, 3.63) is 88.4 Å². The Morgan fingerprint density at radius 1 is 0.909 bits per heavy atom. The van der Waals surface area contributed by atoms with Gasteiger partial charge in [0.2, 0.25) is 5.91 Å². The van der Waals surface area contributed by atoms with Gasteiger partial charge < -0.3 is 10.2 Å². The molecule has 0 aliphatic carbocycles. The van der Waals surface area contributed by atoms with E-state index < -0.39 is 0 Å². The van der Waals surface area contributed by atoms with Crippen molar-refractivity contribution in [2.45, 2.75) is 33.6 Å². The van der Waals surface area contributed by atoms with Gasteiger partial charge in [0.15, 0.2) is 5.78 Å². The number of hydrogen-bond acceptors (Lipinski definition) is 3. The van der Waals surface area contributed by atoms with Gasteiger partial charge in [-0.25, -0.2) is 0 Å². The number of nitrogens with one attached hydrogen (secondary N) is 1. The van der Waals surface area contributed by atoms with E-state index in [0.29, 0.717) is 16.3 Å². The molecule has 4 nitrogen and oxygen atoms in total. The van der Waals surface area contributed by atoms with Crippen LogP contribution in [0.15, 0.2) is 66.7 Å². The Morgan fingerprint density at radius 2 is 1.64 bits per heavy atom. The minimum absolute atomic E-state index is 0.257. The highest BCUT2D eigenvalue weighted by Gasteiger charge is 2.16. The van der Waals surface area contributed by atoms with Crippen molar-refractivity contribution in [3.8, 4) is 11.1 Å². The molecule has 3 rings (SSSR count). The number of halogens is 1. The second-order valence-electron chi connectivity index (χ2n) is 8.13. The SMILES string of the molecule is CCN(CC)CCc1ccc(NC(=O)CC(=O)c2ccc(-c3ccccc3)cc2Cl)cc1C. The monoisotopic (exact) mass is 462 g/mol. The molecule has 0 aromatic heterocycles. The Balaban J connectivity index is 1.60. The molecule has 0 unspecified atom stereocenters. The maximum atomic E-state index is 12.7. The number of likely N-dealkylation sites (N-methyl/N-ethyl adjacent to an activating group) is 1. The van der Waals surface area contributed by atoms with Crippen LogP contribution in [0.1, 0.15) is 41.8 Å². The Morgan fingerprint density at radius 3 is 2.27 bits per heavy atom. The molecule has 0 bridgehead atoms. The normalized spacial score (nSPS) is 10.9. The van der Waals surface area contributed by atoms with E-state index in [-0.39, 0.29) is 18.1 Å². The molecule has 3 aromatic carbocycles. The third-order valence-electron chi connectivity index (χ3n) is 5.92. The summed E-state index contributed by atoms with van der Waals surface area (Å²) < 4.78 is 0. The first kappa shape index (κ1) is 24.7. The summed E-state index contributed by atoms with van der Waals surface area (Å²) >= 11 is 6.37. The van der Waals surface area contributed by atoms with E-state index in [1.165, 1.54) is 5.56 Å². The van der Waals surface area contributed by atoms with Crippen LogP contribution in [0.5, 0.6) is 0 Å². The van der Waals surface area contributed by atoms with Crippen LogP contribution in [0.25, 0.3) is 11.1 Å². The Kier molecular flexibility index (Phi) is 8.81. The van der Waals surface area contributed by atoms with Crippen molar-refractivity contribution >= 4 is 29.0 Å². The van der Waals surface area contributed by atoms with E-state index in [1.807, 2.05) is 55.5 Å². The molecule has 172 valence electrons. The standard InChI is InChI=1S/C28H31ClN2O2/c1-4-31(5-2)16-15-21-11-13-24(17-20(21)3)30-28(33)19-27(32)25-14-12-23(18-26(25)29)22-9-7-6-8-10-22/h6-14,17-18H,4-5,15-16,19H2,1-3H3,(H,30,33). The molecule has 0 saturated carbocycles. The van der Waals surface area contributed by atoms with Crippen molar-refractivity contribution in [3.63, 3.8) is 0 Å². The maximum absolute atomic E-state index is 12.7. The lowest BCUT2D eigenvalue weighted by Crippen LogP contribution is -2.25. The number of anilines is 1. The molecular weight excluding hydrogens is 432 g/mol. The van der Waals surface area contributed by atoms with Crippen LogP contribution in [0.2, 0.25) is 5.02 Å². The average molecular weight is 463 g/mol. The molecule has 3 aromatic rings. The van der Waals surface area contributed by atoms with Gasteiger partial charge in [0, 0.05) is 17.8 Å². The van der Waals surface area contributed by atoms with Crippen LogP contribution < -0.4 is 5.32 Å². The van der Waals surface area contributed by atoms with Crippen LogP contribution in [0.3, 0.4) is 0 Å². The third-order valence-corrected chi connectivity index (χ3v) is 6.23. The number of carbonyl (C=O) groups excluding carboxylic acids is 2. The molecule has 1 amide bonds. The minimum atomic E-state index is -0.349. The molecule has 5 heteroatoms. The highest BCUT2D eigenvalue weighted by atomic mass is 35.5. The fraction of sp³-hybridized carbons (Fsp3) is 0.286. The first-order valence-electron chi connectivity index (χ1n) is 11.4. The van der Waals surface area contributed by atoms with Crippen LogP contribution >= 0.6 is 11.6 Å². The van der Waals surface area contributed by atoms with Crippen LogP contribution in [0.4, 0.5) is 5.69 Å². The molecule has 0 heterocycles. The summed E-state index contributed by atoms with van der Waals surface area (Å²) in [4.78, 5) is 27.6. The zero-order valence-corrected chi connectivity index (χ0v) is 20.3. The topological polar surface area (TPSA) is 49.4 Å². The molecule has 0 spiro atoms. The van der Waals surface area contributed by atoms with Crippen molar-refractivity contribution < 1.29 is 9.59 Å². The minimum Gasteiger partial charge on any atom is -0.326 e. The van der Waals surface area contributed by atoms with Crippen molar-refractivity contribution in [1.29, 1.82) is 0 Å². The Hall–Kier alpha value is -2.95. The van der Waals surface area contributed by atoms with Gasteiger partial charge in [-0.05, 0) is 73.0 Å². The Bertz CT molecular complexity index is 1110. The van der Waals surface area contributed by atoms with Gasteiger partial charge >= 0.3 is 0 Å². The highest BCUT2D eigenvalue weighted by Crippen LogP contribution is 2.26. The van der Waals surface area contributed by atoms with E-state index in [2.05, 4.69) is 30.1 Å². The van der Waals surface area contributed by atoms with E-state index >= 15 is 0 Å². The first-order chi connectivity index (χ1) is 15.9. The van der Waals surface area contributed by atoms with Crippen LogP contribution in [0, 0.1) is 6.92 Å². The highest BCUT2D eigenvalue weighted by molar-refractivity contribution is 6.34. The Labute approximate surface area is 201 Å². The fourth-order valence-corrected chi connectivity index (χ4v) is 4.16. The fourth-order valence-electron chi connectivity index (χ4n) is 3.87. The molecule has 0 aliphatic rings. The molecule has 0 radical (unpaired) electrons. The van der Waals surface area contributed by atoms with Gasteiger partial charge in [0.25, 0.3) is 0 Å². The quantitative estimate of drug-likeness (QED) is 0.279. The largest absolute Gasteiger partial charge is 0.326 e. The molecule has 33 heavy (non-hydrogen) atoms. The second-order valence-corrected chi connectivity index (χ2v) is 8.53.